The monoisotopic (exact) mass is 423 g/mol. The Hall–Kier alpha value is -0.870. The lowest BCUT2D eigenvalue weighted by Crippen LogP contribution is -2.43. The first-order valence-electron chi connectivity index (χ1n) is 7.41. The molecule has 8 heteroatoms. The second kappa shape index (κ2) is 10.0. The second-order valence-electron chi connectivity index (χ2n) is 5.29. The molecule has 0 saturated carbocycles. The molecule has 2 heterocycles. The topological polar surface area (TPSA) is 83.7 Å². The number of rotatable bonds is 5. The van der Waals surface area contributed by atoms with Crippen LogP contribution in [0.1, 0.15) is 30.9 Å². The molecule has 0 aromatic carbocycles. The number of aliphatic imine (C=N–C) groups is 1. The molecule has 1 aliphatic rings. The van der Waals surface area contributed by atoms with Crippen LogP contribution in [0.3, 0.4) is 0 Å². The summed E-state index contributed by atoms with van der Waals surface area (Å²) in [6.07, 6.45) is 6.57. The minimum absolute atomic E-state index is 0. The van der Waals surface area contributed by atoms with Gasteiger partial charge in [0.15, 0.2) is 5.96 Å². The number of halogens is 1. The van der Waals surface area contributed by atoms with Gasteiger partial charge in [-0.05, 0) is 19.3 Å². The summed E-state index contributed by atoms with van der Waals surface area (Å²) < 4.78 is 7.34. The van der Waals surface area contributed by atoms with Crippen molar-refractivity contribution >= 4 is 29.9 Å². The highest BCUT2D eigenvalue weighted by atomic mass is 127. The first kappa shape index (κ1) is 19.2. The summed E-state index contributed by atoms with van der Waals surface area (Å²) >= 11 is 0. The van der Waals surface area contributed by atoms with Gasteiger partial charge in [-0.25, -0.2) is 0 Å². The van der Waals surface area contributed by atoms with Gasteiger partial charge in [0.2, 0.25) is 0 Å². The highest BCUT2D eigenvalue weighted by molar-refractivity contribution is 14.0. The fraction of sp³-hybridized carbons (Fsp3) is 0.714. The molecule has 126 valence electrons. The minimum Gasteiger partial charge on any atom is -0.386 e. The lowest BCUT2D eigenvalue weighted by molar-refractivity contribution is 0.0194. The van der Waals surface area contributed by atoms with Crippen molar-refractivity contribution < 1.29 is 9.84 Å². The molecule has 0 amide bonds. The van der Waals surface area contributed by atoms with E-state index < -0.39 is 6.10 Å². The molecule has 0 bridgehead atoms. The Morgan fingerprint density at radius 2 is 2.36 bits per heavy atom. The van der Waals surface area contributed by atoms with Crippen molar-refractivity contribution in [2.45, 2.75) is 31.5 Å². The van der Waals surface area contributed by atoms with Crippen LogP contribution in [0.15, 0.2) is 17.4 Å². The molecule has 2 unspecified atom stereocenters. The normalized spacial score (nSPS) is 20.1. The van der Waals surface area contributed by atoms with E-state index in [-0.39, 0.29) is 30.1 Å². The molecule has 1 aromatic rings. The maximum absolute atomic E-state index is 10.1. The number of hydrogen-bond acceptors (Lipinski definition) is 4. The highest BCUT2D eigenvalue weighted by Crippen LogP contribution is 2.11. The third-order valence-corrected chi connectivity index (χ3v) is 3.57. The van der Waals surface area contributed by atoms with E-state index in [2.05, 4.69) is 20.7 Å². The van der Waals surface area contributed by atoms with Crippen LogP contribution in [0, 0.1) is 0 Å². The standard InChI is InChI=1S/C14H25N5O2.HI/c1-15-14(16-8-12-5-3-4-6-21-12)17-9-13(20)11-7-18-19(2)10-11;/h7,10,12-13,20H,3-6,8-9H2,1-2H3,(H2,15,16,17);1H. The van der Waals surface area contributed by atoms with E-state index in [1.807, 2.05) is 7.05 Å². The van der Waals surface area contributed by atoms with Crippen molar-refractivity contribution in [1.29, 1.82) is 0 Å². The van der Waals surface area contributed by atoms with E-state index in [0.717, 1.165) is 31.6 Å². The molecule has 7 nitrogen and oxygen atoms in total. The number of aliphatic hydroxyl groups is 1. The van der Waals surface area contributed by atoms with Crippen LogP contribution in [-0.2, 0) is 11.8 Å². The fourth-order valence-electron chi connectivity index (χ4n) is 2.32. The second-order valence-corrected chi connectivity index (χ2v) is 5.29. The lowest BCUT2D eigenvalue weighted by atomic mass is 10.1. The Bertz CT molecular complexity index is 460. The van der Waals surface area contributed by atoms with E-state index in [9.17, 15) is 5.11 Å². The lowest BCUT2D eigenvalue weighted by Gasteiger charge is -2.24. The van der Waals surface area contributed by atoms with Crippen molar-refractivity contribution in [1.82, 2.24) is 20.4 Å². The van der Waals surface area contributed by atoms with Crippen molar-refractivity contribution in [2.24, 2.45) is 12.0 Å². The summed E-state index contributed by atoms with van der Waals surface area (Å²) in [6, 6.07) is 0. The van der Waals surface area contributed by atoms with Crippen molar-refractivity contribution in [3.63, 3.8) is 0 Å². The average molecular weight is 423 g/mol. The number of aromatic nitrogens is 2. The van der Waals surface area contributed by atoms with E-state index >= 15 is 0 Å². The zero-order valence-corrected chi connectivity index (χ0v) is 15.5. The van der Waals surface area contributed by atoms with Gasteiger partial charge in [-0.3, -0.25) is 9.67 Å². The van der Waals surface area contributed by atoms with Crippen LogP contribution in [0.25, 0.3) is 0 Å². The zero-order valence-electron chi connectivity index (χ0n) is 13.2. The number of ether oxygens (including phenoxy) is 1. The van der Waals surface area contributed by atoms with Gasteiger partial charge < -0.3 is 20.5 Å². The van der Waals surface area contributed by atoms with Crippen LogP contribution in [-0.4, -0.2) is 53.7 Å². The van der Waals surface area contributed by atoms with Gasteiger partial charge in [0.05, 0.1) is 18.4 Å². The Labute approximate surface area is 148 Å². The van der Waals surface area contributed by atoms with Gasteiger partial charge >= 0.3 is 0 Å². The predicted octanol–water partition coefficient (Wildman–Crippen LogP) is 0.806. The zero-order chi connectivity index (χ0) is 15.1. The van der Waals surface area contributed by atoms with Crippen LogP contribution in [0.4, 0.5) is 0 Å². The number of guanidine groups is 1. The van der Waals surface area contributed by atoms with Crippen molar-refractivity contribution in [2.75, 3.05) is 26.7 Å². The van der Waals surface area contributed by atoms with Crippen LogP contribution in [0.5, 0.6) is 0 Å². The van der Waals surface area contributed by atoms with Gasteiger partial charge in [-0.1, -0.05) is 0 Å². The quantitative estimate of drug-likeness (QED) is 0.371. The largest absolute Gasteiger partial charge is 0.386 e. The van der Waals surface area contributed by atoms with E-state index in [4.69, 9.17) is 4.74 Å². The van der Waals surface area contributed by atoms with E-state index in [1.165, 1.54) is 6.42 Å². The Morgan fingerprint density at radius 3 is 2.95 bits per heavy atom. The molecular formula is C14H26IN5O2. The number of aliphatic hydroxyl groups excluding tert-OH is 1. The molecule has 0 aliphatic carbocycles. The fourth-order valence-corrected chi connectivity index (χ4v) is 2.32. The predicted molar refractivity (Wildman–Crippen MR) is 96.5 cm³/mol. The smallest absolute Gasteiger partial charge is 0.191 e. The molecule has 1 fully saturated rings. The maximum atomic E-state index is 10.1. The third-order valence-electron chi connectivity index (χ3n) is 3.57. The van der Waals surface area contributed by atoms with Gasteiger partial charge in [-0.15, -0.1) is 24.0 Å². The van der Waals surface area contributed by atoms with Crippen molar-refractivity contribution in [3.05, 3.63) is 18.0 Å². The number of nitrogens with zero attached hydrogens (tertiary/aromatic N) is 3. The summed E-state index contributed by atoms with van der Waals surface area (Å²) in [5.74, 6) is 0.673. The first-order chi connectivity index (χ1) is 10.2. The summed E-state index contributed by atoms with van der Waals surface area (Å²) in [6.45, 7) is 1.97. The van der Waals surface area contributed by atoms with Gasteiger partial charge in [-0.2, -0.15) is 5.10 Å². The molecule has 1 aromatic heterocycles. The van der Waals surface area contributed by atoms with E-state index in [0.29, 0.717) is 12.5 Å². The highest BCUT2D eigenvalue weighted by Gasteiger charge is 2.15. The van der Waals surface area contributed by atoms with Crippen LogP contribution >= 0.6 is 24.0 Å². The van der Waals surface area contributed by atoms with Crippen LogP contribution < -0.4 is 10.6 Å². The summed E-state index contributed by atoms with van der Waals surface area (Å²) in [5.41, 5.74) is 0.788. The Morgan fingerprint density at radius 1 is 1.55 bits per heavy atom. The molecule has 22 heavy (non-hydrogen) atoms. The third kappa shape index (κ3) is 6.09. The van der Waals surface area contributed by atoms with Gasteiger partial charge in [0.25, 0.3) is 0 Å². The Balaban J connectivity index is 0.00000242. The molecule has 2 rings (SSSR count). The Kier molecular flexibility index (Phi) is 8.72. The molecule has 1 saturated heterocycles. The van der Waals surface area contributed by atoms with Crippen molar-refractivity contribution in [3.8, 4) is 0 Å². The average Bonchev–Trinajstić information content (AvgIpc) is 2.95. The SMILES string of the molecule is CN=C(NCC1CCCCO1)NCC(O)c1cnn(C)c1.I. The molecular weight excluding hydrogens is 397 g/mol. The minimum atomic E-state index is -0.608. The summed E-state index contributed by atoms with van der Waals surface area (Å²) in [7, 11) is 3.54. The molecule has 1 aliphatic heterocycles. The number of nitrogens with one attached hydrogen (secondary N) is 2. The summed E-state index contributed by atoms with van der Waals surface area (Å²) in [5, 5.41) is 20.5. The molecule has 0 spiro atoms. The number of aryl methyl sites for hydroxylation is 1. The molecule has 2 atom stereocenters. The molecule has 3 N–H and O–H groups in total. The van der Waals surface area contributed by atoms with Gasteiger partial charge in [0.1, 0.15) is 0 Å². The molecule has 0 radical (unpaired) electrons. The number of hydrogen-bond donors (Lipinski definition) is 3. The summed E-state index contributed by atoms with van der Waals surface area (Å²) in [4.78, 5) is 4.15. The first-order valence-corrected chi connectivity index (χ1v) is 7.41. The van der Waals surface area contributed by atoms with Gasteiger partial charge in [0, 0.05) is 45.6 Å². The van der Waals surface area contributed by atoms with Crippen LogP contribution in [0.2, 0.25) is 0 Å². The van der Waals surface area contributed by atoms with E-state index in [1.54, 1.807) is 24.1 Å². The maximum Gasteiger partial charge on any atom is 0.191 e.